The van der Waals surface area contributed by atoms with Crippen LogP contribution in [0.2, 0.25) is 0 Å². The summed E-state index contributed by atoms with van der Waals surface area (Å²) in [7, 11) is 0. The summed E-state index contributed by atoms with van der Waals surface area (Å²) >= 11 is 0. The van der Waals surface area contributed by atoms with Crippen molar-refractivity contribution in [3.63, 3.8) is 0 Å². The highest BCUT2D eigenvalue weighted by atomic mass is 15.3. The van der Waals surface area contributed by atoms with E-state index in [0.717, 1.165) is 22.5 Å². The third-order valence-corrected chi connectivity index (χ3v) is 8.79. The van der Waals surface area contributed by atoms with E-state index >= 15 is 0 Å². The predicted molar refractivity (Wildman–Crippen MR) is 191 cm³/mol. The second-order valence-electron chi connectivity index (χ2n) is 11.7. The molecule has 0 saturated heterocycles. The van der Waals surface area contributed by atoms with Crippen molar-refractivity contribution in [3.8, 4) is 33.4 Å². The van der Waals surface area contributed by atoms with Crippen LogP contribution >= 0.6 is 0 Å². The number of hydrogen-bond donors (Lipinski definition) is 2. The molecule has 0 saturated carbocycles. The molecular weight excluding hydrogens is 558 g/mol. The maximum atomic E-state index is 5.25. The van der Waals surface area contributed by atoms with Crippen LogP contribution in [0.5, 0.6) is 0 Å². The molecule has 0 amide bonds. The predicted octanol–water partition coefficient (Wildman–Crippen LogP) is 10.2. The minimum absolute atomic E-state index is 0.123. The third kappa shape index (κ3) is 5.61. The Morgan fingerprint density at radius 2 is 0.935 bits per heavy atom. The molecule has 2 atom stereocenters. The van der Waals surface area contributed by atoms with Gasteiger partial charge in [0.2, 0.25) is 0 Å². The molecule has 3 heteroatoms. The summed E-state index contributed by atoms with van der Waals surface area (Å²) < 4.78 is 0. The molecule has 1 aliphatic heterocycles. The molecule has 0 aliphatic carbocycles. The first kappa shape index (κ1) is 27.8. The van der Waals surface area contributed by atoms with E-state index in [4.69, 9.17) is 4.99 Å². The molecule has 0 bridgehead atoms. The van der Waals surface area contributed by atoms with Gasteiger partial charge in [0.15, 0.2) is 0 Å². The maximum Gasteiger partial charge on any atom is 0.131 e. The monoisotopic (exact) mass is 591 g/mol. The van der Waals surface area contributed by atoms with E-state index in [1.807, 2.05) is 0 Å². The molecule has 1 heterocycles. The highest BCUT2D eigenvalue weighted by molar-refractivity contribution is 6.05. The second-order valence-corrected chi connectivity index (χ2v) is 11.7. The Hall–Kier alpha value is -5.77. The van der Waals surface area contributed by atoms with Gasteiger partial charge in [0.25, 0.3) is 0 Å². The van der Waals surface area contributed by atoms with Gasteiger partial charge >= 0.3 is 0 Å². The van der Waals surface area contributed by atoms with E-state index in [9.17, 15) is 0 Å². The first-order chi connectivity index (χ1) is 22.8. The fourth-order valence-electron chi connectivity index (χ4n) is 6.34. The van der Waals surface area contributed by atoms with Crippen molar-refractivity contribution in [2.45, 2.75) is 12.3 Å². The van der Waals surface area contributed by atoms with Gasteiger partial charge in [-0.05, 0) is 61.3 Å². The fraction of sp³-hybridized carbons (Fsp3) is 0.0465. The molecule has 3 nitrogen and oxygen atoms in total. The molecule has 1 aliphatic rings. The van der Waals surface area contributed by atoms with Gasteiger partial charge in [0.1, 0.15) is 18.2 Å². The quantitative estimate of drug-likeness (QED) is 0.202. The Morgan fingerprint density at radius 1 is 0.413 bits per heavy atom. The number of fused-ring (bicyclic) bond motifs is 1. The Morgan fingerprint density at radius 3 is 1.54 bits per heavy atom. The molecule has 0 aromatic heterocycles. The van der Waals surface area contributed by atoms with Gasteiger partial charge in [-0.2, -0.15) is 0 Å². The molecule has 7 aromatic carbocycles. The first-order valence-corrected chi connectivity index (χ1v) is 15.8. The van der Waals surface area contributed by atoms with Crippen molar-refractivity contribution >= 4 is 16.6 Å². The van der Waals surface area contributed by atoms with Crippen LogP contribution < -0.4 is 10.6 Å². The van der Waals surface area contributed by atoms with Crippen LogP contribution in [0.4, 0.5) is 0 Å². The molecule has 0 radical (unpaired) electrons. The summed E-state index contributed by atoms with van der Waals surface area (Å²) in [5.74, 6) is 0.875. The highest BCUT2D eigenvalue weighted by Crippen LogP contribution is 2.32. The van der Waals surface area contributed by atoms with Gasteiger partial charge in [-0.3, -0.25) is 5.32 Å². The Labute approximate surface area is 269 Å². The number of hydrogen-bond acceptors (Lipinski definition) is 3. The van der Waals surface area contributed by atoms with E-state index in [1.165, 1.54) is 44.2 Å². The molecule has 7 aromatic rings. The van der Waals surface area contributed by atoms with E-state index < -0.39 is 0 Å². The average Bonchev–Trinajstić information content (AvgIpc) is 3.15. The number of aliphatic imine (C=N–C) groups is 1. The fourth-order valence-corrected chi connectivity index (χ4v) is 6.34. The Kier molecular flexibility index (Phi) is 7.43. The lowest BCUT2D eigenvalue weighted by molar-refractivity contribution is 0.409. The van der Waals surface area contributed by atoms with Crippen molar-refractivity contribution in [2.75, 3.05) is 0 Å². The van der Waals surface area contributed by atoms with Crippen molar-refractivity contribution in [1.29, 1.82) is 0 Å². The zero-order valence-electron chi connectivity index (χ0n) is 25.3. The van der Waals surface area contributed by atoms with Gasteiger partial charge in [-0.1, -0.05) is 170 Å². The standard InChI is InChI=1S/C43H33N3/c1-4-11-30(12-5-1)32-19-23-35(24-20-32)41-44-42(36-25-21-33(22-26-36)31-13-6-2-7-14-31)46-43(45-41)38-27-28-40-37(29-38)17-10-18-39(40)34-15-8-3-9-16-34/h1-29,41-42,44H,(H,45,46). The number of nitrogens with zero attached hydrogens (tertiary/aromatic N) is 1. The van der Waals surface area contributed by atoms with E-state index in [-0.39, 0.29) is 12.3 Å². The second kappa shape index (κ2) is 12.3. The van der Waals surface area contributed by atoms with Gasteiger partial charge in [0.05, 0.1) is 0 Å². The van der Waals surface area contributed by atoms with Crippen molar-refractivity contribution in [2.24, 2.45) is 4.99 Å². The van der Waals surface area contributed by atoms with Gasteiger partial charge < -0.3 is 5.32 Å². The van der Waals surface area contributed by atoms with Gasteiger partial charge in [0, 0.05) is 5.56 Å². The van der Waals surface area contributed by atoms with Crippen molar-refractivity contribution < 1.29 is 0 Å². The Bertz CT molecular complexity index is 2120. The summed E-state index contributed by atoms with van der Waals surface area (Å²) in [6.07, 6.45) is -0.339. The van der Waals surface area contributed by atoms with Crippen LogP contribution in [0.15, 0.2) is 181 Å². The summed E-state index contributed by atoms with van der Waals surface area (Å²) in [6.45, 7) is 0. The largest absolute Gasteiger partial charge is 0.350 e. The number of benzene rings is 7. The smallest absolute Gasteiger partial charge is 0.131 e. The zero-order valence-corrected chi connectivity index (χ0v) is 25.3. The molecule has 2 N–H and O–H groups in total. The lowest BCUT2D eigenvalue weighted by Crippen LogP contribution is -2.44. The van der Waals surface area contributed by atoms with E-state index in [2.05, 4.69) is 187 Å². The first-order valence-electron chi connectivity index (χ1n) is 15.8. The van der Waals surface area contributed by atoms with E-state index in [1.54, 1.807) is 0 Å². The Balaban J connectivity index is 1.16. The van der Waals surface area contributed by atoms with Crippen LogP contribution in [0, 0.1) is 0 Å². The lowest BCUT2D eigenvalue weighted by Gasteiger charge is -2.32. The van der Waals surface area contributed by atoms with Crippen molar-refractivity contribution in [3.05, 3.63) is 193 Å². The zero-order chi connectivity index (χ0) is 30.7. The van der Waals surface area contributed by atoms with Gasteiger partial charge in [-0.25, -0.2) is 4.99 Å². The molecule has 46 heavy (non-hydrogen) atoms. The molecule has 0 fully saturated rings. The summed E-state index contributed by atoms with van der Waals surface area (Å²) in [6, 6.07) is 62.3. The van der Waals surface area contributed by atoms with Crippen molar-refractivity contribution in [1.82, 2.24) is 10.6 Å². The van der Waals surface area contributed by atoms with Crippen LogP contribution in [-0.2, 0) is 0 Å². The molecule has 0 spiro atoms. The van der Waals surface area contributed by atoms with Crippen LogP contribution in [-0.4, -0.2) is 5.84 Å². The molecular formula is C43H33N3. The van der Waals surface area contributed by atoms with Crippen LogP contribution in [0.1, 0.15) is 29.0 Å². The summed E-state index contributed by atoms with van der Waals surface area (Å²) in [5.41, 5.74) is 10.6. The van der Waals surface area contributed by atoms with Gasteiger partial charge in [-0.15, -0.1) is 0 Å². The van der Waals surface area contributed by atoms with Crippen LogP contribution in [0.3, 0.4) is 0 Å². The number of nitrogens with one attached hydrogen (secondary N) is 2. The number of amidine groups is 1. The molecule has 8 rings (SSSR count). The van der Waals surface area contributed by atoms with Crippen LogP contribution in [0.25, 0.3) is 44.2 Å². The minimum atomic E-state index is -0.216. The van der Waals surface area contributed by atoms with E-state index in [0.29, 0.717) is 0 Å². The maximum absolute atomic E-state index is 5.25. The highest BCUT2D eigenvalue weighted by Gasteiger charge is 2.26. The third-order valence-electron chi connectivity index (χ3n) is 8.79. The molecule has 2 unspecified atom stereocenters. The normalized spacial score (nSPS) is 16.0. The summed E-state index contributed by atoms with van der Waals surface area (Å²) in [5, 5.41) is 9.92. The molecule has 220 valence electrons. The average molecular weight is 592 g/mol. The summed E-state index contributed by atoms with van der Waals surface area (Å²) in [4.78, 5) is 5.25. The SMILES string of the molecule is c1ccc(-c2ccc(C3N=C(c4ccc5c(-c6ccccc6)cccc5c4)NC(c4ccc(-c5ccccc5)cc4)N3)cc2)cc1. The number of rotatable bonds is 6. The minimum Gasteiger partial charge on any atom is -0.350 e. The topological polar surface area (TPSA) is 36.4 Å². The lowest BCUT2D eigenvalue weighted by atomic mass is 9.96.